The van der Waals surface area contributed by atoms with Crippen LogP contribution in [0.15, 0.2) is 18.2 Å². The fraction of sp³-hybridized carbons (Fsp3) is 0.385. The van der Waals surface area contributed by atoms with Crippen LogP contribution >= 0.6 is 11.6 Å². The number of rotatable bonds is 6. The maximum Gasteiger partial charge on any atom is 0.216 e. The second kappa shape index (κ2) is 7.23. The number of hydrogen-bond acceptors (Lipinski definition) is 4. The summed E-state index contributed by atoms with van der Waals surface area (Å²) < 4.78 is 0. The molecule has 2 unspecified atom stereocenters. The zero-order chi connectivity index (χ0) is 14.4. The van der Waals surface area contributed by atoms with Gasteiger partial charge in [-0.3, -0.25) is 9.59 Å². The quantitative estimate of drug-likeness (QED) is 0.683. The predicted octanol–water partition coefficient (Wildman–Crippen LogP) is 1.07. The van der Waals surface area contributed by atoms with E-state index < -0.39 is 12.2 Å². The Bertz CT molecular complexity index is 464. The predicted molar refractivity (Wildman–Crippen MR) is 71.1 cm³/mol. The van der Waals surface area contributed by atoms with Crippen molar-refractivity contribution in [3.63, 3.8) is 0 Å². The lowest BCUT2D eigenvalue weighted by molar-refractivity contribution is -0.119. The minimum atomic E-state index is -1.21. The first-order valence-corrected chi connectivity index (χ1v) is 6.18. The summed E-state index contributed by atoms with van der Waals surface area (Å²) in [6, 6.07) is 4.45. The number of halogens is 1. The Morgan fingerprint density at radius 2 is 2.16 bits per heavy atom. The zero-order valence-corrected chi connectivity index (χ0v) is 11.2. The van der Waals surface area contributed by atoms with Gasteiger partial charge in [-0.25, -0.2) is 0 Å². The van der Waals surface area contributed by atoms with Crippen molar-refractivity contribution < 1.29 is 19.8 Å². The van der Waals surface area contributed by atoms with E-state index in [2.05, 4.69) is 5.32 Å². The highest BCUT2D eigenvalue weighted by Gasteiger charge is 2.21. The molecule has 0 aliphatic heterocycles. The van der Waals surface area contributed by atoms with E-state index in [1.165, 1.54) is 25.1 Å². The summed E-state index contributed by atoms with van der Waals surface area (Å²) in [7, 11) is 0. The average molecular weight is 286 g/mol. The Balaban J connectivity index is 2.72. The van der Waals surface area contributed by atoms with E-state index in [-0.39, 0.29) is 23.9 Å². The molecule has 0 heterocycles. The third kappa shape index (κ3) is 4.63. The molecule has 0 saturated heterocycles. The normalized spacial score (nSPS) is 13.7. The van der Waals surface area contributed by atoms with E-state index in [4.69, 9.17) is 11.6 Å². The van der Waals surface area contributed by atoms with Crippen LogP contribution in [0.1, 0.15) is 35.4 Å². The minimum absolute atomic E-state index is 0.183. The Morgan fingerprint density at radius 1 is 1.47 bits per heavy atom. The van der Waals surface area contributed by atoms with Crippen LogP contribution in [0.25, 0.3) is 0 Å². The average Bonchev–Trinajstić information content (AvgIpc) is 2.38. The molecule has 1 rings (SSSR count). The molecule has 3 N–H and O–H groups in total. The first kappa shape index (κ1) is 15.6. The molecule has 2 atom stereocenters. The summed E-state index contributed by atoms with van der Waals surface area (Å²) in [5, 5.41) is 22.6. The van der Waals surface area contributed by atoms with Gasteiger partial charge in [0.1, 0.15) is 12.4 Å². The number of nitrogens with one attached hydrogen (secondary N) is 1. The van der Waals surface area contributed by atoms with Gasteiger partial charge in [0.25, 0.3) is 0 Å². The second-order valence-corrected chi connectivity index (χ2v) is 4.59. The molecule has 104 valence electrons. The summed E-state index contributed by atoms with van der Waals surface area (Å²) in [4.78, 5) is 21.4. The molecule has 1 aromatic carbocycles. The van der Waals surface area contributed by atoms with E-state index in [1.807, 2.05) is 0 Å². The van der Waals surface area contributed by atoms with E-state index >= 15 is 0 Å². The molecule has 0 bridgehead atoms. The molecule has 0 aromatic heterocycles. The van der Waals surface area contributed by atoms with E-state index in [0.717, 1.165) is 0 Å². The molecule has 0 saturated carbocycles. The molecule has 5 nitrogen and oxygen atoms in total. The van der Waals surface area contributed by atoms with Crippen LogP contribution in [-0.4, -0.2) is 35.1 Å². The lowest BCUT2D eigenvalue weighted by Gasteiger charge is -2.19. The van der Waals surface area contributed by atoms with Gasteiger partial charge < -0.3 is 15.5 Å². The highest BCUT2D eigenvalue weighted by molar-refractivity contribution is 6.31. The van der Waals surface area contributed by atoms with Gasteiger partial charge in [-0.1, -0.05) is 17.7 Å². The van der Waals surface area contributed by atoms with Crippen molar-refractivity contribution in [2.45, 2.75) is 25.6 Å². The Hall–Kier alpha value is -1.43. The van der Waals surface area contributed by atoms with Crippen LogP contribution in [0.4, 0.5) is 0 Å². The summed E-state index contributed by atoms with van der Waals surface area (Å²) in [5.41, 5.74) is 0.661. The topological polar surface area (TPSA) is 86.6 Å². The molecular formula is C13H16ClNO4. The molecule has 1 amide bonds. The lowest BCUT2D eigenvalue weighted by Crippen LogP contribution is -2.27. The molecule has 0 spiro atoms. The maximum absolute atomic E-state index is 10.7. The van der Waals surface area contributed by atoms with Crippen LogP contribution in [0, 0.1) is 0 Å². The lowest BCUT2D eigenvalue weighted by atomic mass is 10.0. The van der Waals surface area contributed by atoms with Gasteiger partial charge in [-0.15, -0.1) is 0 Å². The maximum atomic E-state index is 10.7. The number of aldehydes is 1. The molecule has 0 aliphatic rings. The first-order chi connectivity index (χ1) is 8.95. The summed E-state index contributed by atoms with van der Waals surface area (Å²) in [5.74, 6) is -0.206. The third-order valence-corrected chi connectivity index (χ3v) is 3.00. The summed E-state index contributed by atoms with van der Waals surface area (Å²) >= 11 is 5.92. The number of hydrogen-bond donors (Lipinski definition) is 3. The minimum Gasteiger partial charge on any atom is -0.390 e. The van der Waals surface area contributed by atoms with Crippen molar-refractivity contribution in [1.82, 2.24) is 5.32 Å². The van der Waals surface area contributed by atoms with E-state index in [0.29, 0.717) is 17.4 Å². The number of carbonyl (C=O) groups is 2. The molecule has 0 radical (unpaired) electrons. The summed E-state index contributed by atoms with van der Waals surface area (Å²) in [6.07, 6.45) is -1.47. The van der Waals surface area contributed by atoms with Crippen LogP contribution in [0.2, 0.25) is 5.02 Å². The number of aliphatic hydroxyl groups excluding tert-OH is 2. The Morgan fingerprint density at radius 3 is 2.74 bits per heavy atom. The molecule has 1 aromatic rings. The molecule has 0 fully saturated rings. The molecular weight excluding hydrogens is 270 g/mol. The van der Waals surface area contributed by atoms with Crippen molar-refractivity contribution in [2.24, 2.45) is 0 Å². The Kier molecular flexibility index (Phi) is 5.95. The number of amides is 1. The van der Waals surface area contributed by atoms with Gasteiger partial charge in [-0.2, -0.15) is 0 Å². The standard InChI is InChI=1S/C13H16ClNO4/c1-8(17)15-5-4-12(18)13(19)10-6-9(7-16)2-3-11(10)14/h2-3,6-7,12-13,18-19H,4-5H2,1H3,(H,15,17). The van der Waals surface area contributed by atoms with Gasteiger partial charge in [0.15, 0.2) is 0 Å². The smallest absolute Gasteiger partial charge is 0.216 e. The van der Waals surface area contributed by atoms with Crippen molar-refractivity contribution in [3.8, 4) is 0 Å². The first-order valence-electron chi connectivity index (χ1n) is 5.81. The van der Waals surface area contributed by atoms with Gasteiger partial charge in [0.05, 0.1) is 6.10 Å². The SMILES string of the molecule is CC(=O)NCCC(O)C(O)c1cc(C=O)ccc1Cl. The number of aliphatic hydroxyl groups is 2. The highest BCUT2D eigenvalue weighted by atomic mass is 35.5. The van der Waals surface area contributed by atoms with Crippen molar-refractivity contribution in [1.29, 1.82) is 0 Å². The van der Waals surface area contributed by atoms with Gasteiger partial charge in [0, 0.05) is 29.6 Å². The van der Waals surface area contributed by atoms with Gasteiger partial charge in [0.2, 0.25) is 5.91 Å². The highest BCUT2D eigenvalue weighted by Crippen LogP contribution is 2.27. The van der Waals surface area contributed by atoms with Gasteiger partial charge >= 0.3 is 0 Å². The van der Waals surface area contributed by atoms with Crippen molar-refractivity contribution >= 4 is 23.8 Å². The van der Waals surface area contributed by atoms with Crippen LogP contribution in [-0.2, 0) is 4.79 Å². The number of benzene rings is 1. The van der Waals surface area contributed by atoms with E-state index in [9.17, 15) is 19.8 Å². The van der Waals surface area contributed by atoms with Crippen molar-refractivity contribution in [2.75, 3.05) is 6.54 Å². The fourth-order valence-corrected chi connectivity index (χ4v) is 1.85. The molecule has 0 aliphatic carbocycles. The van der Waals surface area contributed by atoms with Gasteiger partial charge in [-0.05, 0) is 18.6 Å². The molecule has 19 heavy (non-hydrogen) atoms. The monoisotopic (exact) mass is 285 g/mol. The third-order valence-electron chi connectivity index (χ3n) is 2.65. The summed E-state index contributed by atoms with van der Waals surface area (Å²) in [6.45, 7) is 1.62. The van der Waals surface area contributed by atoms with E-state index in [1.54, 1.807) is 0 Å². The van der Waals surface area contributed by atoms with Crippen LogP contribution in [0.5, 0.6) is 0 Å². The Labute approximate surface area is 116 Å². The van der Waals surface area contributed by atoms with Crippen LogP contribution in [0.3, 0.4) is 0 Å². The largest absolute Gasteiger partial charge is 0.390 e. The van der Waals surface area contributed by atoms with Crippen molar-refractivity contribution in [3.05, 3.63) is 34.3 Å². The fourth-order valence-electron chi connectivity index (χ4n) is 1.62. The number of carbonyl (C=O) groups excluding carboxylic acids is 2. The molecule has 6 heteroatoms. The van der Waals surface area contributed by atoms with Crippen LogP contribution < -0.4 is 5.32 Å². The zero-order valence-electron chi connectivity index (χ0n) is 10.5. The second-order valence-electron chi connectivity index (χ2n) is 4.18.